The summed E-state index contributed by atoms with van der Waals surface area (Å²) >= 11 is 0. The molecule has 0 aliphatic rings. The lowest BCUT2D eigenvalue weighted by Crippen LogP contribution is -2.38. The van der Waals surface area contributed by atoms with E-state index in [1.54, 1.807) is 25.1 Å². The van der Waals surface area contributed by atoms with E-state index in [2.05, 4.69) is 0 Å². The van der Waals surface area contributed by atoms with Gasteiger partial charge in [0.2, 0.25) is 0 Å². The fourth-order valence-corrected chi connectivity index (χ4v) is 2.03. The molecule has 0 aromatic heterocycles. The minimum Gasteiger partial charge on any atom is -0.493 e. The third kappa shape index (κ3) is 5.43. The minimum atomic E-state index is -4.23. The number of nitrogens with two attached hydrogens (primary N) is 1. The summed E-state index contributed by atoms with van der Waals surface area (Å²) in [6, 6.07) is 4.57. The lowest BCUT2D eigenvalue weighted by atomic mass is 10.1. The number of nitrogens with zero attached hydrogens (tertiary/aromatic N) is 1. The van der Waals surface area contributed by atoms with Crippen LogP contribution < -0.4 is 15.2 Å². The van der Waals surface area contributed by atoms with Crippen LogP contribution in [0.1, 0.15) is 18.5 Å². The van der Waals surface area contributed by atoms with Gasteiger partial charge in [-0.05, 0) is 24.2 Å². The Kier molecular flexibility index (Phi) is 6.29. The third-order valence-electron chi connectivity index (χ3n) is 3.14. The summed E-state index contributed by atoms with van der Waals surface area (Å²) in [5, 5.41) is 0. The van der Waals surface area contributed by atoms with Crippen molar-refractivity contribution in [3.63, 3.8) is 0 Å². The van der Waals surface area contributed by atoms with E-state index in [0.29, 0.717) is 17.1 Å². The van der Waals surface area contributed by atoms with Gasteiger partial charge in [-0.3, -0.25) is 4.90 Å². The highest BCUT2D eigenvalue weighted by atomic mass is 19.4. The van der Waals surface area contributed by atoms with Crippen LogP contribution in [0.2, 0.25) is 0 Å². The maximum Gasteiger partial charge on any atom is 0.401 e. The monoisotopic (exact) mass is 306 g/mol. The molecule has 0 saturated heterocycles. The van der Waals surface area contributed by atoms with E-state index < -0.39 is 18.8 Å². The number of methoxy groups -OCH3 is 2. The van der Waals surface area contributed by atoms with Crippen LogP contribution in [0.15, 0.2) is 18.2 Å². The summed E-state index contributed by atoms with van der Waals surface area (Å²) < 4.78 is 47.6. The molecule has 0 fully saturated rings. The summed E-state index contributed by atoms with van der Waals surface area (Å²) in [4.78, 5) is 1.27. The van der Waals surface area contributed by atoms with Crippen LogP contribution >= 0.6 is 0 Å². The number of likely N-dealkylation sites (N-methyl/N-ethyl adjacent to an activating group) is 1. The van der Waals surface area contributed by atoms with Crippen LogP contribution in [0.5, 0.6) is 11.5 Å². The Morgan fingerprint density at radius 1 is 1.19 bits per heavy atom. The van der Waals surface area contributed by atoms with Gasteiger partial charge in [0.05, 0.1) is 20.8 Å². The predicted octanol–water partition coefficient (Wildman–Crippen LogP) is 2.59. The van der Waals surface area contributed by atoms with Crippen LogP contribution in [-0.4, -0.2) is 44.9 Å². The van der Waals surface area contributed by atoms with Crippen molar-refractivity contribution < 1.29 is 22.6 Å². The molecule has 0 aliphatic carbocycles. The summed E-state index contributed by atoms with van der Waals surface area (Å²) in [5.41, 5.74) is 6.70. The Balaban J connectivity index is 2.80. The van der Waals surface area contributed by atoms with Crippen LogP contribution in [0.25, 0.3) is 0 Å². The molecule has 0 amide bonds. The molecule has 0 aliphatic heterocycles. The summed E-state index contributed by atoms with van der Waals surface area (Å²) in [5.74, 6) is 1.06. The third-order valence-corrected chi connectivity index (χ3v) is 3.14. The van der Waals surface area contributed by atoms with Crippen LogP contribution in [0, 0.1) is 0 Å². The number of hydrogen-bond donors (Lipinski definition) is 1. The molecule has 4 nitrogen and oxygen atoms in total. The quantitative estimate of drug-likeness (QED) is 0.841. The first-order valence-electron chi connectivity index (χ1n) is 6.57. The maximum absolute atomic E-state index is 12.4. The fourth-order valence-electron chi connectivity index (χ4n) is 2.03. The van der Waals surface area contributed by atoms with Gasteiger partial charge in [-0.1, -0.05) is 13.0 Å². The normalized spacial score (nSPS) is 13.3. The van der Waals surface area contributed by atoms with E-state index in [1.165, 1.54) is 19.1 Å². The van der Waals surface area contributed by atoms with Crippen molar-refractivity contribution >= 4 is 0 Å². The van der Waals surface area contributed by atoms with E-state index in [4.69, 9.17) is 15.2 Å². The lowest BCUT2D eigenvalue weighted by Gasteiger charge is -2.25. The predicted molar refractivity (Wildman–Crippen MR) is 74.6 cm³/mol. The summed E-state index contributed by atoms with van der Waals surface area (Å²) in [6.45, 7) is 1.10. The van der Waals surface area contributed by atoms with Gasteiger partial charge in [-0.25, -0.2) is 0 Å². The molecule has 1 aromatic rings. The Morgan fingerprint density at radius 2 is 1.81 bits per heavy atom. The van der Waals surface area contributed by atoms with Crippen molar-refractivity contribution in [2.75, 3.05) is 33.9 Å². The maximum atomic E-state index is 12.4. The zero-order valence-electron chi connectivity index (χ0n) is 12.4. The first-order valence-corrected chi connectivity index (χ1v) is 6.57. The molecule has 0 spiro atoms. The average Bonchev–Trinajstić information content (AvgIpc) is 2.44. The molecule has 1 rings (SSSR count). The standard InChI is InChI=1S/C14H21F3N2O2/c1-4-19(9-14(15,16)17)8-11(18)10-5-6-12(20-2)13(7-10)21-3/h5-7,11H,4,8-9,18H2,1-3H3. The Labute approximate surface area is 122 Å². The Hall–Kier alpha value is -1.47. The molecular formula is C14H21F3N2O2. The molecule has 7 heteroatoms. The molecule has 120 valence electrons. The second-order valence-electron chi connectivity index (χ2n) is 4.66. The first-order chi connectivity index (χ1) is 9.80. The van der Waals surface area contributed by atoms with E-state index in [-0.39, 0.29) is 13.1 Å². The van der Waals surface area contributed by atoms with Gasteiger partial charge >= 0.3 is 6.18 Å². The number of rotatable bonds is 7. The van der Waals surface area contributed by atoms with Crippen molar-refractivity contribution in [2.45, 2.75) is 19.1 Å². The zero-order chi connectivity index (χ0) is 16.0. The summed E-state index contributed by atoms with van der Waals surface area (Å²) in [6.07, 6.45) is -4.23. The second kappa shape index (κ2) is 7.51. The molecule has 0 heterocycles. The van der Waals surface area contributed by atoms with Gasteiger partial charge in [-0.2, -0.15) is 13.2 Å². The van der Waals surface area contributed by atoms with Gasteiger partial charge in [-0.15, -0.1) is 0 Å². The number of hydrogen-bond acceptors (Lipinski definition) is 4. The number of ether oxygens (including phenoxy) is 2. The van der Waals surface area contributed by atoms with Crippen molar-refractivity contribution in [1.82, 2.24) is 4.90 Å². The van der Waals surface area contributed by atoms with E-state index in [9.17, 15) is 13.2 Å². The molecular weight excluding hydrogens is 285 g/mol. The molecule has 0 radical (unpaired) electrons. The molecule has 2 N–H and O–H groups in total. The van der Waals surface area contributed by atoms with E-state index in [0.717, 1.165) is 0 Å². The topological polar surface area (TPSA) is 47.7 Å². The molecule has 1 atom stereocenters. The van der Waals surface area contributed by atoms with Crippen molar-refractivity contribution in [2.24, 2.45) is 5.73 Å². The van der Waals surface area contributed by atoms with Crippen LogP contribution in [-0.2, 0) is 0 Å². The molecule has 0 bridgehead atoms. The first kappa shape index (κ1) is 17.6. The SMILES string of the molecule is CCN(CC(N)c1ccc(OC)c(OC)c1)CC(F)(F)F. The lowest BCUT2D eigenvalue weighted by molar-refractivity contribution is -0.145. The highest BCUT2D eigenvalue weighted by Crippen LogP contribution is 2.29. The Morgan fingerprint density at radius 3 is 2.29 bits per heavy atom. The molecule has 0 saturated carbocycles. The summed E-state index contributed by atoms with van der Waals surface area (Å²) in [7, 11) is 3.01. The molecule has 21 heavy (non-hydrogen) atoms. The van der Waals surface area contributed by atoms with Gasteiger partial charge in [0, 0.05) is 12.6 Å². The van der Waals surface area contributed by atoms with Gasteiger partial charge in [0.25, 0.3) is 0 Å². The highest BCUT2D eigenvalue weighted by Gasteiger charge is 2.30. The van der Waals surface area contributed by atoms with Crippen molar-refractivity contribution in [1.29, 1.82) is 0 Å². The number of halogens is 3. The van der Waals surface area contributed by atoms with Gasteiger partial charge < -0.3 is 15.2 Å². The fraction of sp³-hybridized carbons (Fsp3) is 0.571. The second-order valence-corrected chi connectivity index (χ2v) is 4.66. The largest absolute Gasteiger partial charge is 0.493 e. The molecule has 1 aromatic carbocycles. The van der Waals surface area contributed by atoms with Gasteiger partial charge in [0.1, 0.15) is 0 Å². The average molecular weight is 306 g/mol. The van der Waals surface area contributed by atoms with E-state index in [1.807, 2.05) is 0 Å². The smallest absolute Gasteiger partial charge is 0.401 e. The Bertz CT molecular complexity index is 452. The molecule has 1 unspecified atom stereocenters. The number of benzene rings is 1. The van der Waals surface area contributed by atoms with Crippen molar-refractivity contribution in [3.8, 4) is 11.5 Å². The number of alkyl halides is 3. The van der Waals surface area contributed by atoms with Crippen LogP contribution in [0.4, 0.5) is 13.2 Å². The minimum absolute atomic E-state index is 0.117. The van der Waals surface area contributed by atoms with Crippen molar-refractivity contribution in [3.05, 3.63) is 23.8 Å². The van der Waals surface area contributed by atoms with Crippen LogP contribution in [0.3, 0.4) is 0 Å². The van der Waals surface area contributed by atoms with Gasteiger partial charge in [0.15, 0.2) is 11.5 Å². The van der Waals surface area contributed by atoms with E-state index >= 15 is 0 Å². The highest BCUT2D eigenvalue weighted by molar-refractivity contribution is 5.43. The zero-order valence-corrected chi connectivity index (χ0v) is 12.4.